The summed E-state index contributed by atoms with van der Waals surface area (Å²) in [7, 11) is 0. The van der Waals surface area contributed by atoms with Crippen molar-refractivity contribution in [3.8, 4) is 5.75 Å². The van der Waals surface area contributed by atoms with Crippen LogP contribution in [0.3, 0.4) is 0 Å². The Bertz CT molecular complexity index is 868. The maximum atomic E-state index is 13.1. The first-order chi connectivity index (χ1) is 16.8. The molecule has 0 bridgehead atoms. The lowest BCUT2D eigenvalue weighted by atomic mass is 9.81. The number of aromatic nitrogens is 1. The van der Waals surface area contributed by atoms with E-state index >= 15 is 0 Å². The van der Waals surface area contributed by atoms with E-state index < -0.39 is 12.1 Å². The summed E-state index contributed by atoms with van der Waals surface area (Å²) >= 11 is 0. The van der Waals surface area contributed by atoms with Crippen LogP contribution in [0, 0.1) is 17.8 Å². The lowest BCUT2D eigenvalue weighted by Crippen LogP contribution is -2.44. The third-order valence-electron chi connectivity index (χ3n) is 7.51. The van der Waals surface area contributed by atoms with E-state index in [2.05, 4.69) is 10.3 Å². The van der Waals surface area contributed by atoms with Crippen molar-refractivity contribution >= 4 is 11.8 Å². The first-order valence-electron chi connectivity index (χ1n) is 12.6. The third-order valence-corrected chi connectivity index (χ3v) is 7.51. The fourth-order valence-electron chi connectivity index (χ4n) is 5.34. The highest BCUT2D eigenvalue weighted by Gasteiger charge is 2.44. The molecule has 0 aromatic carbocycles. The summed E-state index contributed by atoms with van der Waals surface area (Å²) in [4.78, 5) is 31.8. The van der Waals surface area contributed by atoms with E-state index in [4.69, 9.17) is 9.47 Å². The normalized spacial score (nSPS) is 25.9. The number of hydrogen-bond donors (Lipinski definition) is 1. The van der Waals surface area contributed by atoms with Gasteiger partial charge < -0.3 is 19.7 Å². The van der Waals surface area contributed by atoms with E-state index in [1.165, 1.54) is 0 Å². The van der Waals surface area contributed by atoms with E-state index in [1.54, 1.807) is 23.2 Å². The second-order valence-corrected chi connectivity index (χ2v) is 9.84. The highest BCUT2D eigenvalue weighted by atomic mass is 19.4. The third kappa shape index (κ3) is 6.65. The van der Waals surface area contributed by atoms with Gasteiger partial charge >= 0.3 is 6.18 Å². The molecule has 10 heteroatoms. The SMILES string of the molecule is O=C(NCC1CCOCC1)c1ncccc1OC[C@H]1CCCN1C(=O)[C@H]1CC[C@H](C(F)(F)F)CC1. The Morgan fingerprint density at radius 3 is 2.57 bits per heavy atom. The molecule has 1 aliphatic carbocycles. The van der Waals surface area contributed by atoms with Gasteiger partial charge in [-0.1, -0.05) is 0 Å². The number of nitrogens with zero attached hydrogens (tertiary/aromatic N) is 2. The molecule has 1 aromatic rings. The number of carbonyl (C=O) groups is 2. The predicted molar refractivity (Wildman–Crippen MR) is 122 cm³/mol. The monoisotopic (exact) mass is 497 g/mol. The molecule has 1 saturated carbocycles. The van der Waals surface area contributed by atoms with Gasteiger partial charge in [0.1, 0.15) is 6.61 Å². The summed E-state index contributed by atoms with van der Waals surface area (Å²) in [5.74, 6) is -1.29. The van der Waals surface area contributed by atoms with Crippen LogP contribution in [0.1, 0.15) is 61.9 Å². The van der Waals surface area contributed by atoms with Gasteiger partial charge in [0.05, 0.1) is 12.0 Å². The molecule has 3 heterocycles. The topological polar surface area (TPSA) is 80.8 Å². The second-order valence-electron chi connectivity index (χ2n) is 9.84. The fourth-order valence-corrected chi connectivity index (χ4v) is 5.34. The van der Waals surface area contributed by atoms with Gasteiger partial charge in [0.25, 0.3) is 5.91 Å². The van der Waals surface area contributed by atoms with Crippen LogP contribution in [-0.2, 0) is 9.53 Å². The number of hydrogen-bond acceptors (Lipinski definition) is 5. The number of ether oxygens (including phenoxy) is 2. The number of alkyl halides is 3. The van der Waals surface area contributed by atoms with Crippen LogP contribution in [-0.4, -0.2) is 66.8 Å². The molecule has 4 rings (SSSR count). The Morgan fingerprint density at radius 2 is 1.86 bits per heavy atom. The lowest BCUT2D eigenvalue weighted by Gasteiger charge is -2.33. The molecule has 194 valence electrons. The molecule has 0 spiro atoms. The Hall–Kier alpha value is -2.36. The van der Waals surface area contributed by atoms with Crippen molar-refractivity contribution in [3.63, 3.8) is 0 Å². The molecule has 1 atom stereocenters. The summed E-state index contributed by atoms with van der Waals surface area (Å²) in [6.45, 7) is 2.77. The van der Waals surface area contributed by atoms with Crippen molar-refractivity contribution in [2.75, 3.05) is 32.9 Å². The van der Waals surface area contributed by atoms with Crippen LogP contribution in [0.5, 0.6) is 5.75 Å². The molecule has 0 radical (unpaired) electrons. The molecule has 3 aliphatic rings. The average Bonchev–Trinajstić information content (AvgIpc) is 3.34. The molecule has 2 aliphatic heterocycles. The molecule has 3 fully saturated rings. The maximum absolute atomic E-state index is 13.1. The predicted octanol–water partition coefficient (Wildman–Crippen LogP) is 3.98. The van der Waals surface area contributed by atoms with Crippen LogP contribution in [0.2, 0.25) is 0 Å². The second kappa shape index (κ2) is 11.6. The molecular formula is C25H34F3N3O4. The standard InChI is InChI=1S/C25H34F3N3O4/c26-25(27,28)19-7-5-18(6-8-19)24(33)31-12-2-3-20(31)16-35-21-4-1-11-29-22(21)23(32)30-15-17-9-13-34-14-10-17/h1,4,11,17-20H,2-3,5-10,12-16H2,(H,30,32)/t18-,19-,20-/m1/s1. The number of likely N-dealkylation sites (tertiary alicyclic amines) is 1. The van der Waals surface area contributed by atoms with Crippen LogP contribution in [0.15, 0.2) is 18.3 Å². The number of pyridine rings is 1. The van der Waals surface area contributed by atoms with Gasteiger partial charge in [0.2, 0.25) is 5.91 Å². The zero-order valence-electron chi connectivity index (χ0n) is 19.9. The molecule has 0 unspecified atom stereocenters. The molecule has 2 amide bonds. The van der Waals surface area contributed by atoms with E-state index in [-0.39, 0.29) is 61.8 Å². The van der Waals surface area contributed by atoms with Gasteiger partial charge in [-0.05, 0) is 69.4 Å². The largest absolute Gasteiger partial charge is 0.489 e. The van der Waals surface area contributed by atoms with Crippen molar-refractivity contribution in [1.82, 2.24) is 15.2 Å². The van der Waals surface area contributed by atoms with Gasteiger partial charge in [0, 0.05) is 38.4 Å². The average molecular weight is 498 g/mol. The van der Waals surface area contributed by atoms with Crippen molar-refractivity contribution in [1.29, 1.82) is 0 Å². The maximum Gasteiger partial charge on any atom is 0.391 e. The number of carbonyl (C=O) groups excluding carboxylic acids is 2. The fraction of sp³-hybridized carbons (Fsp3) is 0.720. The van der Waals surface area contributed by atoms with Gasteiger partial charge in [-0.2, -0.15) is 13.2 Å². The minimum absolute atomic E-state index is 0.0109. The smallest absolute Gasteiger partial charge is 0.391 e. The van der Waals surface area contributed by atoms with Crippen molar-refractivity contribution in [2.45, 2.75) is 63.6 Å². The highest BCUT2D eigenvalue weighted by Crippen LogP contribution is 2.40. The van der Waals surface area contributed by atoms with Gasteiger partial charge in [-0.3, -0.25) is 9.59 Å². The van der Waals surface area contributed by atoms with Crippen molar-refractivity contribution in [2.24, 2.45) is 17.8 Å². The van der Waals surface area contributed by atoms with E-state index in [0.29, 0.717) is 38.0 Å². The molecule has 1 aromatic heterocycles. The van der Waals surface area contributed by atoms with E-state index in [0.717, 1.165) is 25.7 Å². The quantitative estimate of drug-likeness (QED) is 0.617. The van der Waals surface area contributed by atoms with Crippen LogP contribution in [0.25, 0.3) is 0 Å². The van der Waals surface area contributed by atoms with Crippen molar-refractivity contribution in [3.05, 3.63) is 24.0 Å². The molecule has 2 saturated heterocycles. The summed E-state index contributed by atoms with van der Waals surface area (Å²) in [6, 6.07) is 3.22. The van der Waals surface area contributed by atoms with Gasteiger partial charge in [0.15, 0.2) is 11.4 Å². The minimum atomic E-state index is -4.18. The number of nitrogens with one attached hydrogen (secondary N) is 1. The zero-order valence-corrected chi connectivity index (χ0v) is 19.9. The Labute approximate surface area is 203 Å². The molecule has 35 heavy (non-hydrogen) atoms. The summed E-state index contributed by atoms with van der Waals surface area (Å²) < 4.78 is 50.3. The van der Waals surface area contributed by atoms with E-state index in [1.807, 2.05) is 0 Å². The van der Waals surface area contributed by atoms with Crippen molar-refractivity contribution < 1.29 is 32.2 Å². The van der Waals surface area contributed by atoms with E-state index in [9.17, 15) is 22.8 Å². The van der Waals surface area contributed by atoms with Crippen LogP contribution < -0.4 is 10.1 Å². The minimum Gasteiger partial charge on any atom is -0.489 e. The number of halogens is 3. The summed E-state index contributed by atoms with van der Waals surface area (Å²) in [5, 5.41) is 2.94. The summed E-state index contributed by atoms with van der Waals surface area (Å²) in [5.41, 5.74) is 0.209. The Balaban J connectivity index is 1.30. The van der Waals surface area contributed by atoms with Gasteiger partial charge in [-0.15, -0.1) is 0 Å². The highest BCUT2D eigenvalue weighted by molar-refractivity contribution is 5.94. The summed E-state index contributed by atoms with van der Waals surface area (Å²) in [6.07, 6.45) is 1.33. The lowest BCUT2D eigenvalue weighted by molar-refractivity contribution is -0.185. The zero-order chi connectivity index (χ0) is 24.8. The van der Waals surface area contributed by atoms with Crippen LogP contribution >= 0.6 is 0 Å². The molecule has 1 N–H and O–H groups in total. The number of amides is 2. The van der Waals surface area contributed by atoms with Crippen LogP contribution in [0.4, 0.5) is 13.2 Å². The Morgan fingerprint density at radius 1 is 1.11 bits per heavy atom. The molecular weight excluding hydrogens is 463 g/mol. The van der Waals surface area contributed by atoms with Gasteiger partial charge in [-0.25, -0.2) is 4.98 Å². The Kier molecular flexibility index (Phi) is 8.51. The number of rotatable bonds is 7. The first-order valence-corrected chi connectivity index (χ1v) is 12.6. The molecule has 7 nitrogen and oxygen atoms in total. The first kappa shape index (κ1) is 25.7.